The molecule has 6 aromatic carbocycles. The normalized spacial score (nSPS) is 12.2. The third-order valence-electron chi connectivity index (χ3n) is 8.69. The van der Waals surface area contributed by atoms with E-state index in [-0.39, 0.29) is 34.4 Å². The fourth-order valence-electron chi connectivity index (χ4n) is 6.15. The Bertz CT molecular complexity index is 2570. The summed E-state index contributed by atoms with van der Waals surface area (Å²) in [5, 5.41) is 0. The lowest BCUT2D eigenvalue weighted by atomic mass is 9.83. The number of ketones is 4. The molecule has 5 N–H and O–H groups in total. The second kappa shape index (κ2) is 15.3. The van der Waals surface area contributed by atoms with Crippen LogP contribution in [0.5, 0.6) is 0 Å². The van der Waals surface area contributed by atoms with E-state index in [1.165, 1.54) is 0 Å². The minimum atomic E-state index is -1.00. The lowest BCUT2D eigenvalue weighted by molar-refractivity contribution is 0.0980. The first kappa shape index (κ1) is 34.1. The summed E-state index contributed by atoms with van der Waals surface area (Å²) in [6.07, 6.45) is 0.833. The number of rotatable bonds is 2. The summed E-state index contributed by atoms with van der Waals surface area (Å²) in [6.45, 7) is 0. The first-order chi connectivity index (χ1) is 26.2. The predicted molar refractivity (Wildman–Crippen MR) is 202 cm³/mol. The zero-order chi connectivity index (χ0) is 38.4. The fraction of sp³-hybridized carbons (Fsp3) is 0.0233. The zero-order valence-electron chi connectivity index (χ0n) is 29.0. The summed E-state index contributed by atoms with van der Waals surface area (Å²) >= 11 is 0. The quantitative estimate of drug-likeness (QED) is 0.122. The highest BCUT2D eigenvalue weighted by molar-refractivity contribution is 6.32. The van der Waals surface area contributed by atoms with Crippen LogP contribution >= 0.6 is 0 Å². The van der Waals surface area contributed by atoms with E-state index in [2.05, 4.69) is 9.97 Å². The largest absolute Gasteiger partial charge is 0.397 e. The number of H-pyrrole nitrogens is 1. The molecule has 260 valence electrons. The van der Waals surface area contributed by atoms with Gasteiger partial charge in [-0.25, -0.2) is 4.98 Å². The summed E-state index contributed by atoms with van der Waals surface area (Å²) in [7, 11) is -1.00. The summed E-state index contributed by atoms with van der Waals surface area (Å²) in [6, 6.07) is 39.1. The Morgan fingerprint density at radius 3 is 1.57 bits per heavy atom. The number of imidazole rings is 1. The molecule has 9 nitrogen and oxygen atoms in total. The number of aldehydes is 1. The lowest BCUT2D eigenvalue weighted by Crippen LogP contribution is -2.22. The number of hydrogen-bond acceptors (Lipinski definition) is 8. The number of nitrogens with zero attached hydrogens (tertiary/aromatic N) is 1. The van der Waals surface area contributed by atoms with Gasteiger partial charge in [-0.05, 0) is 24.3 Å². The standard InChI is InChI=1S/C21H12N2O2.C14H10N2O2.C7H6O.CH3F/c24-19-13-8-4-5-9-14(13)20(25)17-15(19)10-11-16-18(17)23-21(22-16)12-6-2-1-3-7-12;15-10-6-5-9-11(12(10)16)14(18)8-4-2-1-3-7(8)13(9)17;8-6-7-4-2-1-3-5-7;1-2/h1-11H,(H,22,23);1-6H,15-16H2;1-6H;1H3/i;;;1D. The van der Waals surface area contributed by atoms with Crippen molar-refractivity contribution in [3.05, 3.63) is 184 Å². The number of fused-ring (bicyclic) bond motifs is 6. The third kappa shape index (κ3) is 6.64. The van der Waals surface area contributed by atoms with Crippen molar-refractivity contribution in [1.82, 2.24) is 9.97 Å². The second-order valence-corrected chi connectivity index (χ2v) is 11.8. The van der Waals surface area contributed by atoms with E-state index in [1.54, 1.807) is 78.9 Å². The third-order valence-corrected chi connectivity index (χ3v) is 8.69. The van der Waals surface area contributed by atoms with E-state index in [0.29, 0.717) is 56.0 Å². The Kier molecular flexibility index (Phi) is 9.84. The van der Waals surface area contributed by atoms with E-state index in [0.717, 1.165) is 22.9 Å². The van der Waals surface area contributed by atoms with Gasteiger partial charge in [0.25, 0.3) is 0 Å². The van der Waals surface area contributed by atoms with Gasteiger partial charge >= 0.3 is 0 Å². The molecule has 0 unspecified atom stereocenters. The highest BCUT2D eigenvalue weighted by Crippen LogP contribution is 2.34. The predicted octanol–water partition coefficient (Wildman–Crippen LogP) is 7.72. The number of anilines is 2. The van der Waals surface area contributed by atoms with E-state index in [9.17, 15) is 28.4 Å². The van der Waals surface area contributed by atoms with Crippen LogP contribution in [0.25, 0.3) is 22.4 Å². The first-order valence-corrected chi connectivity index (χ1v) is 16.2. The van der Waals surface area contributed by atoms with Crippen molar-refractivity contribution in [2.24, 2.45) is 0 Å². The molecule has 2 aliphatic carbocycles. The Labute approximate surface area is 304 Å². The molecular formula is C43H31FN4O5. The average molecular weight is 704 g/mol. The van der Waals surface area contributed by atoms with Gasteiger partial charge < -0.3 is 16.5 Å². The molecule has 1 heterocycles. The first-order valence-electron chi connectivity index (χ1n) is 16.9. The van der Waals surface area contributed by atoms with Crippen LogP contribution in [0.1, 0.15) is 75.4 Å². The molecule has 0 aliphatic heterocycles. The van der Waals surface area contributed by atoms with Crippen molar-refractivity contribution < 1.29 is 29.7 Å². The van der Waals surface area contributed by atoms with Gasteiger partial charge in [0.2, 0.25) is 0 Å². The molecule has 10 heteroatoms. The number of carbonyl (C=O) groups excluding carboxylic acids is 5. The van der Waals surface area contributed by atoms with Crippen LogP contribution in [0.3, 0.4) is 0 Å². The van der Waals surface area contributed by atoms with Crippen molar-refractivity contribution in [2.45, 2.75) is 0 Å². The van der Waals surface area contributed by atoms with Gasteiger partial charge in [-0.15, -0.1) is 0 Å². The molecule has 2 aliphatic rings. The molecule has 0 radical (unpaired) electrons. The summed E-state index contributed by atoms with van der Waals surface area (Å²) in [5.41, 5.74) is 18.0. The van der Waals surface area contributed by atoms with Crippen molar-refractivity contribution in [3.8, 4) is 11.4 Å². The Morgan fingerprint density at radius 1 is 0.585 bits per heavy atom. The van der Waals surface area contributed by atoms with Crippen LogP contribution in [0.15, 0.2) is 133 Å². The summed E-state index contributed by atoms with van der Waals surface area (Å²) in [5.74, 6) is -0.0294. The van der Waals surface area contributed by atoms with Gasteiger partial charge in [0.05, 0.1) is 36.5 Å². The number of aromatic nitrogens is 2. The number of nitrogens with two attached hydrogens (primary N) is 2. The van der Waals surface area contributed by atoms with Gasteiger partial charge in [-0.1, -0.05) is 109 Å². The molecule has 0 atom stereocenters. The Balaban J connectivity index is 0.000000149. The number of alkyl halides is 1. The van der Waals surface area contributed by atoms with Crippen LogP contribution < -0.4 is 11.5 Å². The van der Waals surface area contributed by atoms with E-state index < -0.39 is 7.15 Å². The molecule has 0 saturated heterocycles. The number of nitrogen functional groups attached to an aromatic ring is 2. The zero-order valence-corrected chi connectivity index (χ0v) is 28.0. The second-order valence-electron chi connectivity index (χ2n) is 11.8. The van der Waals surface area contributed by atoms with Gasteiger partial charge in [0.15, 0.2) is 23.1 Å². The van der Waals surface area contributed by atoms with Gasteiger partial charge in [0, 0.05) is 44.5 Å². The van der Waals surface area contributed by atoms with E-state index >= 15 is 0 Å². The number of halogens is 1. The molecule has 0 amide bonds. The lowest BCUT2D eigenvalue weighted by Gasteiger charge is -2.19. The maximum atomic E-state index is 13.0. The average Bonchev–Trinajstić information content (AvgIpc) is 3.66. The molecular weight excluding hydrogens is 671 g/mol. The smallest absolute Gasteiger partial charge is 0.196 e. The molecule has 7 aromatic rings. The SMILES string of the molecule is Nc1ccc2c(c1N)C(=O)c1ccccc1C2=O.O=C1c2ccccc2C(=O)c2c1ccc1[nH]c(-c3ccccc3)nc21.O=Cc1ccccc1.[2H]CF. The molecule has 0 saturated carbocycles. The molecule has 53 heavy (non-hydrogen) atoms. The molecule has 0 bridgehead atoms. The molecule has 0 fully saturated rings. The van der Waals surface area contributed by atoms with Crippen LogP contribution in [0.4, 0.5) is 15.8 Å². The molecule has 1 aromatic heterocycles. The number of benzene rings is 6. The van der Waals surface area contributed by atoms with Crippen LogP contribution in [-0.4, -0.2) is 46.5 Å². The summed E-state index contributed by atoms with van der Waals surface area (Å²) in [4.78, 5) is 68.3. The van der Waals surface area contributed by atoms with E-state index in [4.69, 9.17) is 12.8 Å². The number of aromatic amines is 1. The van der Waals surface area contributed by atoms with Crippen molar-refractivity contribution >= 4 is 51.8 Å². The summed E-state index contributed by atoms with van der Waals surface area (Å²) < 4.78 is 15.5. The number of nitrogens with one attached hydrogen (secondary N) is 1. The van der Waals surface area contributed by atoms with Gasteiger partial charge in [-0.2, -0.15) is 0 Å². The highest BCUT2D eigenvalue weighted by atomic mass is 19.1. The topological polar surface area (TPSA) is 166 Å². The minimum absolute atomic E-state index is 0.128. The molecule has 0 spiro atoms. The highest BCUT2D eigenvalue weighted by Gasteiger charge is 2.33. The van der Waals surface area contributed by atoms with Crippen molar-refractivity contribution in [3.63, 3.8) is 0 Å². The van der Waals surface area contributed by atoms with Crippen LogP contribution in [0.2, 0.25) is 0 Å². The Hall–Kier alpha value is -7.33. The maximum absolute atomic E-state index is 13.0. The van der Waals surface area contributed by atoms with E-state index in [1.807, 2.05) is 54.6 Å². The van der Waals surface area contributed by atoms with Gasteiger partial charge in [-0.3, -0.25) is 28.4 Å². The monoisotopic (exact) mass is 703 g/mol. The van der Waals surface area contributed by atoms with Crippen molar-refractivity contribution in [1.29, 1.82) is 0 Å². The fourth-order valence-corrected chi connectivity index (χ4v) is 6.15. The number of carbonyl (C=O) groups is 5. The van der Waals surface area contributed by atoms with Crippen LogP contribution in [0, 0.1) is 0 Å². The van der Waals surface area contributed by atoms with Gasteiger partial charge in [0.1, 0.15) is 17.6 Å². The maximum Gasteiger partial charge on any atom is 0.196 e. The minimum Gasteiger partial charge on any atom is -0.397 e. The van der Waals surface area contributed by atoms with Crippen molar-refractivity contribution in [2.75, 3.05) is 18.6 Å². The van der Waals surface area contributed by atoms with Crippen LogP contribution in [-0.2, 0) is 0 Å². The Morgan fingerprint density at radius 2 is 1.04 bits per heavy atom. The number of hydrogen-bond donors (Lipinski definition) is 3. The molecule has 9 rings (SSSR count).